The first kappa shape index (κ1) is 23.6. The molecule has 1 atom stereocenters. The van der Waals surface area contributed by atoms with Gasteiger partial charge in [-0.05, 0) is 43.5 Å². The molecule has 2 aromatic carbocycles. The van der Waals surface area contributed by atoms with Crippen molar-refractivity contribution >= 4 is 17.7 Å². The summed E-state index contributed by atoms with van der Waals surface area (Å²) in [5.41, 5.74) is 1.18. The molecule has 0 radical (unpaired) electrons. The molecule has 8 heteroatoms. The maximum absolute atomic E-state index is 13.0. The molecule has 2 heterocycles. The molecular formula is C26H31N3O5. The van der Waals surface area contributed by atoms with E-state index in [9.17, 15) is 14.4 Å². The fourth-order valence-corrected chi connectivity index (χ4v) is 4.68. The zero-order chi connectivity index (χ0) is 24.3. The Kier molecular flexibility index (Phi) is 6.77. The summed E-state index contributed by atoms with van der Waals surface area (Å²) >= 11 is 0. The van der Waals surface area contributed by atoms with Gasteiger partial charge in [0.25, 0.3) is 5.91 Å². The molecule has 1 spiro atoms. The highest BCUT2D eigenvalue weighted by Gasteiger charge is 2.56. The first-order valence-electron chi connectivity index (χ1n) is 11.5. The van der Waals surface area contributed by atoms with Crippen LogP contribution < -0.4 is 14.8 Å². The predicted octanol–water partition coefficient (Wildman–Crippen LogP) is 2.27. The van der Waals surface area contributed by atoms with Crippen LogP contribution in [-0.4, -0.2) is 73.0 Å². The second-order valence-corrected chi connectivity index (χ2v) is 8.95. The monoisotopic (exact) mass is 465 g/mol. The van der Waals surface area contributed by atoms with E-state index in [4.69, 9.17) is 9.47 Å². The van der Waals surface area contributed by atoms with Crippen molar-refractivity contribution in [3.05, 3.63) is 59.7 Å². The Morgan fingerprint density at radius 2 is 1.79 bits per heavy atom. The van der Waals surface area contributed by atoms with Crippen LogP contribution in [0.4, 0.5) is 0 Å². The number of hydrogen-bond acceptors (Lipinski definition) is 5. The molecule has 34 heavy (non-hydrogen) atoms. The van der Waals surface area contributed by atoms with Crippen LogP contribution in [0.5, 0.6) is 11.5 Å². The van der Waals surface area contributed by atoms with Crippen molar-refractivity contribution in [2.45, 2.75) is 37.8 Å². The lowest BCUT2D eigenvalue weighted by atomic mass is 9.76. The van der Waals surface area contributed by atoms with E-state index < -0.39 is 6.04 Å². The molecule has 3 amide bonds. The molecule has 8 nitrogen and oxygen atoms in total. The second kappa shape index (κ2) is 9.75. The molecule has 1 unspecified atom stereocenters. The van der Waals surface area contributed by atoms with E-state index in [-0.39, 0.29) is 23.3 Å². The number of carbonyl (C=O) groups is 3. The van der Waals surface area contributed by atoms with E-state index in [1.54, 1.807) is 45.4 Å². The maximum Gasteiger partial charge on any atom is 0.251 e. The summed E-state index contributed by atoms with van der Waals surface area (Å²) in [6.07, 6.45) is 1.81. The smallest absolute Gasteiger partial charge is 0.251 e. The van der Waals surface area contributed by atoms with E-state index >= 15 is 0 Å². The molecule has 0 aliphatic carbocycles. The lowest BCUT2D eigenvalue weighted by molar-refractivity contribution is -0.175. The van der Waals surface area contributed by atoms with E-state index in [2.05, 4.69) is 5.32 Å². The molecule has 1 N–H and O–H groups in total. The van der Waals surface area contributed by atoms with Crippen molar-refractivity contribution in [2.24, 2.45) is 0 Å². The zero-order valence-electron chi connectivity index (χ0n) is 19.9. The highest BCUT2D eigenvalue weighted by atomic mass is 16.5. The molecule has 0 saturated carbocycles. The quantitative estimate of drug-likeness (QED) is 0.646. The number of ether oxygens (including phenoxy) is 2. The first-order chi connectivity index (χ1) is 16.4. The largest absolute Gasteiger partial charge is 0.497 e. The van der Waals surface area contributed by atoms with Crippen LogP contribution in [0.2, 0.25) is 0 Å². The normalized spacial score (nSPS) is 16.8. The van der Waals surface area contributed by atoms with Gasteiger partial charge >= 0.3 is 0 Å². The number of nitrogens with zero attached hydrogens (tertiary/aromatic N) is 2. The third-order valence-corrected chi connectivity index (χ3v) is 6.82. The summed E-state index contributed by atoms with van der Waals surface area (Å²) in [7, 11) is 3.20. The molecular weight excluding hydrogens is 434 g/mol. The number of carbonyl (C=O) groups excluding carboxylic acids is 3. The fraction of sp³-hybridized carbons (Fsp3) is 0.423. The average molecular weight is 466 g/mol. The zero-order valence-corrected chi connectivity index (χ0v) is 19.9. The van der Waals surface area contributed by atoms with Gasteiger partial charge in [-0.3, -0.25) is 14.4 Å². The maximum atomic E-state index is 13.0. The number of hydrogen-bond donors (Lipinski definition) is 1. The summed E-state index contributed by atoms with van der Waals surface area (Å²) in [6, 6.07) is 13.8. The van der Waals surface area contributed by atoms with Crippen LogP contribution >= 0.6 is 0 Å². The van der Waals surface area contributed by atoms with E-state index in [0.717, 1.165) is 12.0 Å². The van der Waals surface area contributed by atoms with Crippen molar-refractivity contribution < 1.29 is 23.9 Å². The summed E-state index contributed by atoms with van der Waals surface area (Å²) in [4.78, 5) is 41.8. The van der Waals surface area contributed by atoms with E-state index in [1.807, 2.05) is 34.1 Å². The van der Waals surface area contributed by atoms with E-state index in [1.165, 1.54) is 0 Å². The Labute approximate surface area is 199 Å². The van der Waals surface area contributed by atoms with Crippen LogP contribution in [-0.2, 0) is 16.0 Å². The van der Waals surface area contributed by atoms with Gasteiger partial charge in [0.2, 0.25) is 11.8 Å². The number of methoxy groups -OCH3 is 2. The summed E-state index contributed by atoms with van der Waals surface area (Å²) in [6.45, 7) is 3.43. The van der Waals surface area contributed by atoms with Gasteiger partial charge in [-0.15, -0.1) is 0 Å². The summed E-state index contributed by atoms with van der Waals surface area (Å²) in [5.74, 6) is 1.10. The fourth-order valence-electron chi connectivity index (χ4n) is 4.68. The Bertz CT molecular complexity index is 1070. The van der Waals surface area contributed by atoms with Gasteiger partial charge in [0, 0.05) is 37.7 Å². The van der Waals surface area contributed by atoms with Gasteiger partial charge in [0.15, 0.2) is 0 Å². The molecule has 2 aromatic rings. The Morgan fingerprint density at radius 1 is 1.06 bits per heavy atom. The molecule has 2 aliphatic heterocycles. The molecule has 0 bridgehead atoms. The average Bonchev–Trinajstić information content (AvgIpc) is 2.81. The summed E-state index contributed by atoms with van der Waals surface area (Å²) < 4.78 is 10.6. The number of benzene rings is 2. The Balaban J connectivity index is 1.28. The van der Waals surface area contributed by atoms with Crippen LogP contribution in [0.3, 0.4) is 0 Å². The molecule has 2 aliphatic rings. The molecule has 0 aromatic heterocycles. The van der Waals surface area contributed by atoms with E-state index in [0.29, 0.717) is 49.5 Å². The van der Waals surface area contributed by atoms with Gasteiger partial charge in [-0.25, -0.2) is 0 Å². The molecule has 2 saturated heterocycles. The molecule has 4 rings (SSSR count). The second-order valence-electron chi connectivity index (χ2n) is 8.95. The topological polar surface area (TPSA) is 88.2 Å². The molecule has 2 fully saturated rings. The molecule has 180 valence electrons. The minimum Gasteiger partial charge on any atom is -0.497 e. The number of rotatable bonds is 8. The third-order valence-electron chi connectivity index (χ3n) is 6.82. The Morgan fingerprint density at radius 3 is 2.41 bits per heavy atom. The van der Waals surface area contributed by atoms with Gasteiger partial charge in [-0.1, -0.05) is 24.3 Å². The number of nitrogens with one attached hydrogen (secondary N) is 1. The Hall–Kier alpha value is -3.55. The van der Waals surface area contributed by atoms with Crippen molar-refractivity contribution in [3.63, 3.8) is 0 Å². The number of amides is 3. The van der Waals surface area contributed by atoms with Gasteiger partial charge in [0.05, 0.1) is 19.8 Å². The minimum atomic E-state index is -0.628. The third kappa shape index (κ3) is 4.58. The number of aryl methyl sites for hydroxylation is 1. The van der Waals surface area contributed by atoms with Gasteiger partial charge < -0.3 is 24.6 Å². The van der Waals surface area contributed by atoms with Crippen LogP contribution in [0.1, 0.15) is 35.7 Å². The summed E-state index contributed by atoms with van der Waals surface area (Å²) in [5, 5.41) is 2.79. The lowest BCUT2D eigenvalue weighted by Crippen LogP contribution is -2.79. The van der Waals surface area contributed by atoms with Crippen molar-refractivity contribution in [3.8, 4) is 11.5 Å². The van der Waals surface area contributed by atoms with Gasteiger partial charge in [0.1, 0.15) is 17.5 Å². The van der Waals surface area contributed by atoms with Crippen molar-refractivity contribution in [2.75, 3.05) is 33.9 Å². The van der Waals surface area contributed by atoms with Crippen molar-refractivity contribution in [1.82, 2.24) is 15.1 Å². The first-order valence-corrected chi connectivity index (χ1v) is 11.5. The minimum absolute atomic E-state index is 0.0632. The lowest BCUT2D eigenvalue weighted by Gasteiger charge is -2.62. The highest BCUT2D eigenvalue weighted by Crippen LogP contribution is 2.40. The van der Waals surface area contributed by atoms with Gasteiger partial charge in [-0.2, -0.15) is 0 Å². The van der Waals surface area contributed by atoms with Crippen LogP contribution in [0, 0.1) is 0 Å². The number of likely N-dealkylation sites (tertiary alicyclic amines) is 2. The van der Waals surface area contributed by atoms with Crippen LogP contribution in [0.15, 0.2) is 48.5 Å². The SMILES string of the molecule is COc1ccc(CCC(=O)N2CC3(CCN3C(=O)C(C)NC(=O)c3ccccc3)C2)c(OC)c1. The predicted molar refractivity (Wildman–Crippen MR) is 127 cm³/mol. The highest BCUT2D eigenvalue weighted by molar-refractivity contribution is 5.97. The van der Waals surface area contributed by atoms with Crippen molar-refractivity contribution in [1.29, 1.82) is 0 Å². The van der Waals surface area contributed by atoms with Crippen LogP contribution in [0.25, 0.3) is 0 Å². The standard InChI is InChI=1S/C26H31N3O5/c1-18(27-24(31)20-7-5-4-6-8-20)25(32)29-14-13-26(29)16-28(17-26)23(30)12-10-19-9-11-21(33-2)15-22(19)34-3/h4-9,11,15,18H,10,12-14,16-17H2,1-3H3,(H,27,31).